The molecular formula is C17H22N2O4S. The lowest BCUT2D eigenvalue weighted by Crippen LogP contribution is -2.41. The van der Waals surface area contributed by atoms with Gasteiger partial charge in [-0.25, -0.2) is 4.79 Å². The normalized spacial score (nSPS) is 11.4. The maximum absolute atomic E-state index is 11.8. The fraction of sp³-hybridized carbons (Fsp3) is 0.353. The van der Waals surface area contributed by atoms with Gasteiger partial charge in [0.2, 0.25) is 11.8 Å². The average Bonchev–Trinajstić information content (AvgIpc) is 2.53. The summed E-state index contributed by atoms with van der Waals surface area (Å²) >= 11 is 1.13. The third-order valence-electron chi connectivity index (χ3n) is 3.09. The van der Waals surface area contributed by atoms with E-state index in [1.807, 2.05) is 31.2 Å². The Morgan fingerprint density at radius 3 is 2.42 bits per heavy atom. The second-order valence-electron chi connectivity index (χ2n) is 5.23. The van der Waals surface area contributed by atoms with Gasteiger partial charge in [-0.3, -0.25) is 9.59 Å². The molecule has 3 N–H and O–H groups in total. The van der Waals surface area contributed by atoms with Gasteiger partial charge in [-0.05, 0) is 31.9 Å². The van der Waals surface area contributed by atoms with Crippen LogP contribution in [0, 0.1) is 6.92 Å². The predicted octanol–water partition coefficient (Wildman–Crippen LogP) is 2.20. The molecule has 0 aromatic heterocycles. The smallest absolute Gasteiger partial charge is 0.326 e. The number of hydrogen-bond acceptors (Lipinski definition) is 4. The Labute approximate surface area is 145 Å². The Morgan fingerprint density at radius 2 is 1.83 bits per heavy atom. The summed E-state index contributed by atoms with van der Waals surface area (Å²) in [5, 5.41) is 14.2. The van der Waals surface area contributed by atoms with Gasteiger partial charge >= 0.3 is 5.97 Å². The first-order chi connectivity index (χ1) is 11.4. The van der Waals surface area contributed by atoms with E-state index in [2.05, 4.69) is 17.2 Å². The number of carbonyl (C=O) groups excluding carboxylic acids is 2. The minimum Gasteiger partial charge on any atom is -0.480 e. The quantitative estimate of drug-likeness (QED) is 0.562. The van der Waals surface area contributed by atoms with Crippen molar-refractivity contribution < 1.29 is 19.5 Å². The number of hydrogen-bond donors (Lipinski definition) is 3. The van der Waals surface area contributed by atoms with Crippen molar-refractivity contribution in [2.45, 2.75) is 25.8 Å². The van der Waals surface area contributed by atoms with Gasteiger partial charge in [0.25, 0.3) is 0 Å². The van der Waals surface area contributed by atoms with Crippen LogP contribution in [0.4, 0.5) is 5.69 Å². The molecule has 1 unspecified atom stereocenters. The molecule has 0 bridgehead atoms. The maximum atomic E-state index is 11.8. The lowest BCUT2D eigenvalue weighted by molar-refractivity contribution is -0.141. The van der Waals surface area contributed by atoms with Gasteiger partial charge < -0.3 is 15.7 Å². The molecule has 24 heavy (non-hydrogen) atoms. The topological polar surface area (TPSA) is 95.5 Å². The SMILES string of the molecule is C=CCCC(NC(=O)CSCC(=O)Nc1ccc(C)cc1)C(=O)O. The van der Waals surface area contributed by atoms with Crippen LogP contribution in [0.2, 0.25) is 0 Å². The van der Waals surface area contributed by atoms with E-state index in [-0.39, 0.29) is 17.4 Å². The summed E-state index contributed by atoms with van der Waals surface area (Å²) in [5.74, 6) is -1.55. The molecule has 130 valence electrons. The van der Waals surface area contributed by atoms with Gasteiger partial charge in [-0.15, -0.1) is 18.3 Å². The van der Waals surface area contributed by atoms with Crippen molar-refractivity contribution in [1.29, 1.82) is 0 Å². The third-order valence-corrected chi connectivity index (χ3v) is 4.03. The highest BCUT2D eigenvalue weighted by molar-refractivity contribution is 8.00. The van der Waals surface area contributed by atoms with E-state index in [1.54, 1.807) is 6.08 Å². The minimum atomic E-state index is -1.08. The molecule has 0 aliphatic carbocycles. The second-order valence-corrected chi connectivity index (χ2v) is 6.22. The standard InChI is InChI=1S/C17H22N2O4S/c1-3-4-5-14(17(22)23)19-16(21)11-24-10-15(20)18-13-8-6-12(2)7-9-13/h3,6-9,14H,1,4-5,10-11H2,2H3,(H,18,20)(H,19,21)(H,22,23). The summed E-state index contributed by atoms with van der Waals surface area (Å²) in [5.41, 5.74) is 1.80. The number of aryl methyl sites for hydroxylation is 1. The number of amides is 2. The molecular weight excluding hydrogens is 328 g/mol. The Hall–Kier alpha value is -2.28. The first-order valence-corrected chi connectivity index (χ1v) is 8.65. The van der Waals surface area contributed by atoms with Crippen LogP contribution in [0.1, 0.15) is 18.4 Å². The van der Waals surface area contributed by atoms with Crippen LogP contribution in [0.3, 0.4) is 0 Å². The molecule has 1 atom stereocenters. The van der Waals surface area contributed by atoms with Crippen LogP contribution in [0.5, 0.6) is 0 Å². The predicted molar refractivity (Wildman–Crippen MR) is 96.1 cm³/mol. The monoisotopic (exact) mass is 350 g/mol. The Morgan fingerprint density at radius 1 is 1.21 bits per heavy atom. The zero-order valence-electron chi connectivity index (χ0n) is 13.6. The molecule has 0 spiro atoms. The van der Waals surface area contributed by atoms with Crippen molar-refractivity contribution in [2.75, 3.05) is 16.8 Å². The molecule has 0 fully saturated rings. The lowest BCUT2D eigenvalue weighted by Gasteiger charge is -2.13. The fourth-order valence-electron chi connectivity index (χ4n) is 1.85. The summed E-state index contributed by atoms with van der Waals surface area (Å²) in [6.45, 7) is 5.48. The Balaban J connectivity index is 2.30. The van der Waals surface area contributed by atoms with Crippen LogP contribution < -0.4 is 10.6 Å². The van der Waals surface area contributed by atoms with Crippen molar-refractivity contribution in [3.63, 3.8) is 0 Å². The van der Waals surface area contributed by atoms with E-state index < -0.39 is 17.9 Å². The van der Waals surface area contributed by atoms with E-state index >= 15 is 0 Å². The van der Waals surface area contributed by atoms with E-state index in [4.69, 9.17) is 5.11 Å². The van der Waals surface area contributed by atoms with Crippen molar-refractivity contribution in [1.82, 2.24) is 5.32 Å². The highest BCUT2D eigenvalue weighted by atomic mass is 32.2. The minimum absolute atomic E-state index is 0.0270. The zero-order valence-corrected chi connectivity index (χ0v) is 14.4. The van der Waals surface area contributed by atoms with Crippen LogP contribution in [0.15, 0.2) is 36.9 Å². The number of carboxylic acids is 1. The fourth-order valence-corrected chi connectivity index (χ4v) is 2.48. The van der Waals surface area contributed by atoms with Gasteiger partial charge in [0.05, 0.1) is 11.5 Å². The first kappa shape index (κ1) is 19.8. The molecule has 0 heterocycles. The molecule has 2 amide bonds. The number of rotatable bonds is 10. The summed E-state index contributed by atoms with van der Waals surface area (Å²) in [6.07, 6.45) is 2.40. The third kappa shape index (κ3) is 7.82. The van der Waals surface area contributed by atoms with E-state index in [1.165, 1.54) is 0 Å². The van der Waals surface area contributed by atoms with E-state index in [0.717, 1.165) is 17.3 Å². The molecule has 0 saturated heterocycles. The molecule has 6 nitrogen and oxygen atoms in total. The number of aliphatic carboxylic acids is 1. The summed E-state index contributed by atoms with van der Waals surface area (Å²) < 4.78 is 0. The molecule has 1 aromatic carbocycles. The highest BCUT2D eigenvalue weighted by Gasteiger charge is 2.18. The molecule has 0 aliphatic heterocycles. The molecule has 1 aromatic rings. The summed E-state index contributed by atoms with van der Waals surface area (Å²) in [7, 11) is 0. The molecule has 0 radical (unpaired) electrons. The largest absolute Gasteiger partial charge is 0.480 e. The van der Waals surface area contributed by atoms with Crippen LogP contribution in [0.25, 0.3) is 0 Å². The van der Waals surface area contributed by atoms with Crippen molar-refractivity contribution >= 4 is 35.2 Å². The second kappa shape index (κ2) is 10.5. The van der Waals surface area contributed by atoms with E-state index in [9.17, 15) is 14.4 Å². The highest BCUT2D eigenvalue weighted by Crippen LogP contribution is 2.10. The van der Waals surface area contributed by atoms with Crippen molar-refractivity contribution in [3.8, 4) is 0 Å². The number of benzene rings is 1. The van der Waals surface area contributed by atoms with Crippen molar-refractivity contribution in [3.05, 3.63) is 42.5 Å². The van der Waals surface area contributed by atoms with Gasteiger partial charge in [0, 0.05) is 5.69 Å². The molecule has 0 aliphatic rings. The van der Waals surface area contributed by atoms with Gasteiger partial charge in [-0.1, -0.05) is 23.8 Å². The molecule has 7 heteroatoms. The molecule has 0 saturated carbocycles. The number of carboxylic acid groups (broad SMARTS) is 1. The van der Waals surface area contributed by atoms with Gasteiger partial charge in [0.1, 0.15) is 6.04 Å². The lowest BCUT2D eigenvalue weighted by atomic mass is 10.1. The number of allylic oxidation sites excluding steroid dienone is 1. The van der Waals surface area contributed by atoms with Crippen molar-refractivity contribution in [2.24, 2.45) is 0 Å². The molecule has 1 rings (SSSR count). The van der Waals surface area contributed by atoms with Crippen LogP contribution in [-0.4, -0.2) is 40.4 Å². The number of anilines is 1. The van der Waals surface area contributed by atoms with Crippen LogP contribution in [-0.2, 0) is 14.4 Å². The van der Waals surface area contributed by atoms with Crippen LogP contribution >= 0.6 is 11.8 Å². The summed E-state index contributed by atoms with van der Waals surface area (Å²) in [4.78, 5) is 34.6. The van der Waals surface area contributed by atoms with E-state index in [0.29, 0.717) is 18.5 Å². The number of carbonyl (C=O) groups is 3. The van der Waals surface area contributed by atoms with Gasteiger partial charge in [0.15, 0.2) is 0 Å². The van der Waals surface area contributed by atoms with Gasteiger partial charge in [-0.2, -0.15) is 0 Å². The Bertz CT molecular complexity index is 587. The first-order valence-electron chi connectivity index (χ1n) is 7.49. The Kier molecular flexibility index (Phi) is 8.64. The maximum Gasteiger partial charge on any atom is 0.326 e. The zero-order chi connectivity index (χ0) is 17.9. The number of thioether (sulfide) groups is 1. The average molecular weight is 350 g/mol. The summed E-state index contributed by atoms with van der Waals surface area (Å²) in [6, 6.07) is 6.47. The number of nitrogens with one attached hydrogen (secondary N) is 2.